The molecule has 0 radical (unpaired) electrons. The first-order valence-corrected chi connectivity index (χ1v) is 9.61. The highest BCUT2D eigenvalue weighted by atomic mass is 19.1. The highest BCUT2D eigenvalue weighted by Gasteiger charge is 1.97. The highest BCUT2D eigenvalue weighted by Crippen LogP contribution is 2.17. The third-order valence-corrected chi connectivity index (χ3v) is 4.65. The van der Waals surface area contributed by atoms with E-state index in [-0.39, 0.29) is 5.82 Å². The van der Waals surface area contributed by atoms with Crippen LogP contribution in [0.1, 0.15) is 27.8 Å². The maximum absolute atomic E-state index is 13.3. The molecule has 0 fully saturated rings. The molecule has 0 aliphatic carbocycles. The van der Waals surface area contributed by atoms with E-state index in [0.29, 0.717) is 6.61 Å². The quantitative estimate of drug-likeness (QED) is 0.386. The van der Waals surface area contributed by atoms with Crippen molar-refractivity contribution in [1.82, 2.24) is 0 Å². The van der Waals surface area contributed by atoms with Gasteiger partial charge in [0, 0.05) is 29.4 Å². The first-order valence-electron chi connectivity index (χ1n) is 9.61. The predicted molar refractivity (Wildman–Crippen MR) is 119 cm³/mol. The minimum absolute atomic E-state index is 0.229. The molecule has 0 aliphatic rings. The smallest absolute Gasteiger partial charge is 0.123 e. The average molecular weight is 390 g/mol. The van der Waals surface area contributed by atoms with Crippen molar-refractivity contribution >= 4 is 10.8 Å². The number of ether oxygens (including phenoxy) is 1. The van der Waals surface area contributed by atoms with Gasteiger partial charge in [0.25, 0.3) is 0 Å². The summed E-state index contributed by atoms with van der Waals surface area (Å²) in [5.41, 5.74) is 4.85. The third-order valence-electron chi connectivity index (χ3n) is 4.65. The molecule has 0 spiro atoms. The van der Waals surface area contributed by atoms with E-state index in [0.717, 1.165) is 38.6 Å². The van der Waals surface area contributed by atoms with Crippen LogP contribution in [0.4, 0.5) is 4.39 Å². The maximum Gasteiger partial charge on any atom is 0.123 e. The normalized spacial score (nSPS) is 10.1. The molecule has 2 heteroatoms. The number of hydrogen-bond donors (Lipinski definition) is 0. The topological polar surface area (TPSA) is 9.23 Å². The standard InChI is InChI=1S/C28H19FO/c1-30-20-25-12-9-23(10-13-25)7-4-21-2-5-22(6-3-21)8-11-24-14-15-27-19-28(29)17-16-26(27)18-24/h2-3,5-6,9-10,12-19H,20H2,1H3. The minimum atomic E-state index is -0.229. The first kappa shape index (κ1) is 19.5. The highest BCUT2D eigenvalue weighted by molar-refractivity contribution is 5.84. The zero-order chi connectivity index (χ0) is 20.8. The van der Waals surface area contributed by atoms with Crippen molar-refractivity contribution in [1.29, 1.82) is 0 Å². The number of rotatable bonds is 2. The van der Waals surface area contributed by atoms with Gasteiger partial charge in [0.1, 0.15) is 5.82 Å². The van der Waals surface area contributed by atoms with E-state index in [9.17, 15) is 4.39 Å². The van der Waals surface area contributed by atoms with E-state index >= 15 is 0 Å². The largest absolute Gasteiger partial charge is 0.380 e. The van der Waals surface area contributed by atoms with Crippen molar-refractivity contribution in [3.05, 3.63) is 119 Å². The molecule has 4 rings (SSSR count). The van der Waals surface area contributed by atoms with E-state index < -0.39 is 0 Å². The van der Waals surface area contributed by atoms with Crippen molar-refractivity contribution in [2.75, 3.05) is 7.11 Å². The lowest BCUT2D eigenvalue weighted by Crippen LogP contribution is -1.86. The van der Waals surface area contributed by atoms with Crippen LogP contribution in [0.5, 0.6) is 0 Å². The second kappa shape index (κ2) is 9.10. The van der Waals surface area contributed by atoms with E-state index in [1.807, 2.05) is 66.7 Å². The minimum Gasteiger partial charge on any atom is -0.380 e. The number of hydrogen-bond acceptors (Lipinski definition) is 1. The second-order valence-corrected chi connectivity index (χ2v) is 6.91. The van der Waals surface area contributed by atoms with Crippen LogP contribution in [-0.4, -0.2) is 7.11 Å². The van der Waals surface area contributed by atoms with Crippen LogP contribution in [0.25, 0.3) is 10.8 Å². The summed E-state index contributed by atoms with van der Waals surface area (Å²) >= 11 is 0. The van der Waals surface area contributed by atoms with Crippen LogP contribution < -0.4 is 0 Å². The molecule has 144 valence electrons. The fraction of sp³-hybridized carbons (Fsp3) is 0.0714. The Kier molecular flexibility index (Phi) is 5.90. The fourth-order valence-corrected chi connectivity index (χ4v) is 3.07. The van der Waals surface area contributed by atoms with Crippen LogP contribution in [-0.2, 0) is 11.3 Å². The number of fused-ring (bicyclic) bond motifs is 1. The van der Waals surface area contributed by atoms with Gasteiger partial charge >= 0.3 is 0 Å². The van der Waals surface area contributed by atoms with Crippen molar-refractivity contribution in [2.24, 2.45) is 0 Å². The van der Waals surface area contributed by atoms with Gasteiger partial charge in [-0.2, -0.15) is 0 Å². The summed E-state index contributed by atoms with van der Waals surface area (Å²) in [7, 11) is 1.69. The van der Waals surface area contributed by atoms with Crippen LogP contribution >= 0.6 is 0 Å². The molecule has 0 saturated carbocycles. The second-order valence-electron chi connectivity index (χ2n) is 6.91. The lowest BCUT2D eigenvalue weighted by molar-refractivity contribution is 0.185. The Morgan fingerprint density at radius 1 is 0.600 bits per heavy atom. The summed E-state index contributed by atoms with van der Waals surface area (Å²) in [5.74, 6) is 12.5. The summed E-state index contributed by atoms with van der Waals surface area (Å²) < 4.78 is 18.4. The molecule has 0 amide bonds. The van der Waals surface area contributed by atoms with E-state index in [2.05, 4.69) is 23.7 Å². The van der Waals surface area contributed by atoms with Crippen LogP contribution in [0.15, 0.2) is 84.9 Å². The molecule has 0 unspecified atom stereocenters. The number of methoxy groups -OCH3 is 1. The molecule has 0 atom stereocenters. The lowest BCUT2D eigenvalue weighted by atomic mass is 10.1. The summed E-state index contributed by atoms with van der Waals surface area (Å²) in [6, 6.07) is 26.5. The van der Waals surface area contributed by atoms with Crippen molar-refractivity contribution < 1.29 is 9.13 Å². The van der Waals surface area contributed by atoms with Gasteiger partial charge in [-0.15, -0.1) is 0 Å². The Morgan fingerprint density at radius 3 is 1.67 bits per heavy atom. The van der Waals surface area contributed by atoms with Gasteiger partial charge in [-0.1, -0.05) is 47.9 Å². The molecule has 0 aliphatic heterocycles. The Bertz CT molecular complexity index is 1290. The molecule has 4 aromatic carbocycles. The zero-order valence-electron chi connectivity index (χ0n) is 16.6. The molecule has 0 heterocycles. The molecule has 1 nitrogen and oxygen atoms in total. The van der Waals surface area contributed by atoms with Crippen LogP contribution in [0.3, 0.4) is 0 Å². The van der Waals surface area contributed by atoms with Crippen LogP contribution in [0, 0.1) is 29.5 Å². The molecule has 0 bridgehead atoms. The Labute approximate surface area is 176 Å². The van der Waals surface area contributed by atoms with Crippen molar-refractivity contribution in [3.63, 3.8) is 0 Å². The van der Waals surface area contributed by atoms with E-state index in [4.69, 9.17) is 4.74 Å². The fourth-order valence-electron chi connectivity index (χ4n) is 3.07. The summed E-state index contributed by atoms with van der Waals surface area (Å²) in [6.45, 7) is 0.605. The van der Waals surface area contributed by atoms with Gasteiger partial charge in [0.15, 0.2) is 0 Å². The molecular weight excluding hydrogens is 371 g/mol. The van der Waals surface area contributed by atoms with Crippen molar-refractivity contribution in [3.8, 4) is 23.7 Å². The zero-order valence-corrected chi connectivity index (χ0v) is 16.6. The van der Waals surface area contributed by atoms with E-state index in [1.54, 1.807) is 13.2 Å². The Balaban J connectivity index is 1.46. The Morgan fingerprint density at radius 2 is 1.07 bits per heavy atom. The van der Waals surface area contributed by atoms with Gasteiger partial charge in [0.05, 0.1) is 6.61 Å². The van der Waals surface area contributed by atoms with E-state index in [1.165, 1.54) is 12.1 Å². The number of benzene rings is 4. The predicted octanol–water partition coefficient (Wildman–Crippen LogP) is 5.92. The molecule has 30 heavy (non-hydrogen) atoms. The summed E-state index contributed by atoms with van der Waals surface area (Å²) in [6.07, 6.45) is 0. The summed E-state index contributed by atoms with van der Waals surface area (Å²) in [4.78, 5) is 0. The molecule has 0 aromatic heterocycles. The van der Waals surface area contributed by atoms with Gasteiger partial charge in [-0.25, -0.2) is 4.39 Å². The molecular formula is C28H19FO. The third kappa shape index (κ3) is 4.95. The number of halogens is 1. The van der Waals surface area contributed by atoms with Gasteiger partial charge in [0.2, 0.25) is 0 Å². The lowest BCUT2D eigenvalue weighted by Gasteiger charge is -1.99. The molecule has 0 N–H and O–H groups in total. The van der Waals surface area contributed by atoms with Gasteiger partial charge in [-0.05, 0) is 77.0 Å². The first-order chi connectivity index (χ1) is 14.7. The average Bonchev–Trinajstić information content (AvgIpc) is 2.78. The summed E-state index contributed by atoms with van der Waals surface area (Å²) in [5, 5.41) is 1.85. The SMILES string of the molecule is COCc1ccc(C#Cc2ccc(C#Cc3ccc4cc(F)ccc4c3)cc2)cc1. The van der Waals surface area contributed by atoms with Crippen molar-refractivity contribution in [2.45, 2.75) is 6.61 Å². The van der Waals surface area contributed by atoms with Gasteiger partial charge in [-0.3, -0.25) is 0 Å². The monoisotopic (exact) mass is 390 g/mol. The maximum atomic E-state index is 13.3. The molecule has 4 aromatic rings. The molecule has 0 saturated heterocycles. The van der Waals surface area contributed by atoms with Gasteiger partial charge < -0.3 is 4.74 Å². The Hall–Kier alpha value is -3.85. The van der Waals surface area contributed by atoms with Crippen LogP contribution in [0.2, 0.25) is 0 Å².